The van der Waals surface area contributed by atoms with Crippen LogP contribution in [-0.4, -0.2) is 13.9 Å². The molecule has 19 heavy (non-hydrogen) atoms. The van der Waals surface area contributed by atoms with Gasteiger partial charge < -0.3 is 15.2 Å². The molecule has 0 saturated carbocycles. The minimum atomic E-state index is -0.144. The van der Waals surface area contributed by atoms with Crippen LogP contribution < -0.4 is 10.5 Å². The quantitative estimate of drug-likeness (QED) is 0.857. The van der Waals surface area contributed by atoms with Crippen molar-refractivity contribution in [3.63, 3.8) is 0 Å². The third kappa shape index (κ3) is 3.80. The lowest BCUT2D eigenvalue weighted by Gasteiger charge is -2.13. The summed E-state index contributed by atoms with van der Waals surface area (Å²) in [7, 11) is 1.59. The highest BCUT2D eigenvalue weighted by Crippen LogP contribution is 2.24. The molecule has 2 N–H and O–H groups in total. The third-order valence-electron chi connectivity index (χ3n) is 2.79. The summed E-state index contributed by atoms with van der Waals surface area (Å²) in [5.74, 6) is 0.770. The van der Waals surface area contributed by atoms with Crippen molar-refractivity contribution in [3.05, 3.63) is 64.1 Å². The molecule has 0 aliphatic carbocycles. The van der Waals surface area contributed by atoms with Crippen molar-refractivity contribution in [2.24, 2.45) is 5.73 Å². The van der Waals surface area contributed by atoms with Crippen LogP contribution in [0.15, 0.2) is 53.0 Å². The molecule has 0 radical (unpaired) electrons. The normalized spacial score (nSPS) is 12.2. The predicted octanol–water partition coefficient (Wildman–Crippen LogP) is 3.48. The van der Waals surface area contributed by atoms with Gasteiger partial charge in [0.1, 0.15) is 5.75 Å². The highest BCUT2D eigenvalue weighted by atomic mass is 79.9. The van der Waals surface area contributed by atoms with Crippen LogP contribution in [0.1, 0.15) is 17.2 Å². The Bertz CT molecular complexity index is 528. The Morgan fingerprint density at radius 3 is 2.47 bits per heavy atom. The third-order valence-corrected chi connectivity index (χ3v) is 3.28. The van der Waals surface area contributed by atoms with E-state index in [0.717, 1.165) is 21.3 Å². The van der Waals surface area contributed by atoms with Crippen molar-refractivity contribution in [1.82, 2.24) is 0 Å². The van der Waals surface area contributed by atoms with Crippen molar-refractivity contribution in [2.45, 2.75) is 6.04 Å². The minimum absolute atomic E-state index is 0.144. The lowest BCUT2D eigenvalue weighted by Crippen LogP contribution is -2.11. The molecule has 0 heterocycles. The molecule has 0 bridgehead atoms. The molecule has 4 heteroatoms. The van der Waals surface area contributed by atoms with Gasteiger partial charge in [-0.25, -0.2) is 0 Å². The molecule has 2 rings (SSSR count). The van der Waals surface area contributed by atoms with Crippen molar-refractivity contribution in [3.8, 4) is 5.75 Å². The van der Waals surface area contributed by atoms with Crippen LogP contribution in [0.2, 0.25) is 0 Å². The Kier molecular flexibility index (Phi) is 4.96. The Morgan fingerprint density at radius 1 is 1.11 bits per heavy atom. The van der Waals surface area contributed by atoms with Crippen LogP contribution >= 0.6 is 15.9 Å². The standard InChI is InChI=1S/C15H16BrNO2/c1-18-10-19-14-7-5-11(6-8-14)15(17)12-3-2-4-13(16)9-12/h2-9,15H,10,17H2,1H3. The van der Waals surface area contributed by atoms with Crippen LogP contribution in [-0.2, 0) is 4.74 Å². The molecular weight excluding hydrogens is 306 g/mol. The molecule has 0 aliphatic heterocycles. The van der Waals surface area contributed by atoms with E-state index >= 15 is 0 Å². The number of benzene rings is 2. The average Bonchev–Trinajstić information content (AvgIpc) is 2.45. The SMILES string of the molecule is COCOc1ccc(C(N)c2cccc(Br)c2)cc1. The molecule has 3 nitrogen and oxygen atoms in total. The Balaban J connectivity index is 2.13. The Hall–Kier alpha value is -1.36. The fraction of sp³-hybridized carbons (Fsp3) is 0.200. The summed E-state index contributed by atoms with van der Waals surface area (Å²) in [5.41, 5.74) is 8.36. The van der Waals surface area contributed by atoms with Crippen LogP contribution in [0.3, 0.4) is 0 Å². The summed E-state index contributed by atoms with van der Waals surface area (Å²) >= 11 is 3.45. The molecule has 2 aromatic carbocycles. The van der Waals surface area contributed by atoms with E-state index in [1.807, 2.05) is 48.5 Å². The molecule has 1 atom stereocenters. The van der Waals surface area contributed by atoms with Gasteiger partial charge in [0.2, 0.25) is 0 Å². The Morgan fingerprint density at radius 2 is 1.84 bits per heavy atom. The van der Waals surface area contributed by atoms with E-state index in [-0.39, 0.29) is 12.8 Å². The second-order valence-electron chi connectivity index (χ2n) is 4.15. The molecule has 0 saturated heterocycles. The van der Waals surface area contributed by atoms with Gasteiger partial charge in [-0.2, -0.15) is 0 Å². The summed E-state index contributed by atoms with van der Waals surface area (Å²) in [6.45, 7) is 0.247. The van der Waals surface area contributed by atoms with Crippen molar-refractivity contribution >= 4 is 15.9 Å². The maximum atomic E-state index is 6.25. The van der Waals surface area contributed by atoms with E-state index < -0.39 is 0 Å². The molecule has 0 fully saturated rings. The zero-order chi connectivity index (χ0) is 13.7. The van der Waals surface area contributed by atoms with Crippen molar-refractivity contribution < 1.29 is 9.47 Å². The summed E-state index contributed by atoms with van der Waals surface area (Å²) in [6.07, 6.45) is 0. The number of rotatable bonds is 5. The van der Waals surface area contributed by atoms with Crippen LogP contribution in [0.25, 0.3) is 0 Å². The molecule has 1 unspecified atom stereocenters. The maximum Gasteiger partial charge on any atom is 0.188 e. The fourth-order valence-electron chi connectivity index (χ4n) is 1.79. The van der Waals surface area contributed by atoms with Crippen LogP contribution in [0.5, 0.6) is 5.75 Å². The van der Waals surface area contributed by atoms with E-state index in [1.54, 1.807) is 7.11 Å². The van der Waals surface area contributed by atoms with Gasteiger partial charge >= 0.3 is 0 Å². The fourth-order valence-corrected chi connectivity index (χ4v) is 2.21. The molecule has 0 aromatic heterocycles. The number of hydrogen-bond donors (Lipinski definition) is 1. The van der Waals surface area contributed by atoms with Gasteiger partial charge in [0.25, 0.3) is 0 Å². The lowest BCUT2D eigenvalue weighted by molar-refractivity contribution is 0.0511. The summed E-state index contributed by atoms with van der Waals surface area (Å²) in [4.78, 5) is 0. The molecule has 0 aliphatic rings. The van der Waals surface area contributed by atoms with E-state index in [1.165, 1.54) is 0 Å². The van der Waals surface area contributed by atoms with Crippen LogP contribution in [0.4, 0.5) is 0 Å². The molecule has 0 spiro atoms. The summed E-state index contributed by atoms with van der Waals surface area (Å²) in [6, 6.07) is 15.6. The number of hydrogen-bond acceptors (Lipinski definition) is 3. The summed E-state index contributed by atoms with van der Waals surface area (Å²) < 4.78 is 11.2. The first-order valence-electron chi connectivity index (χ1n) is 5.93. The topological polar surface area (TPSA) is 44.5 Å². The number of methoxy groups -OCH3 is 1. The van der Waals surface area contributed by atoms with E-state index in [2.05, 4.69) is 15.9 Å². The zero-order valence-corrected chi connectivity index (χ0v) is 12.3. The minimum Gasteiger partial charge on any atom is -0.468 e. The smallest absolute Gasteiger partial charge is 0.188 e. The van der Waals surface area contributed by atoms with E-state index in [4.69, 9.17) is 15.2 Å². The molecule has 2 aromatic rings. The van der Waals surface area contributed by atoms with Crippen molar-refractivity contribution in [1.29, 1.82) is 0 Å². The number of nitrogens with two attached hydrogens (primary N) is 1. The van der Waals surface area contributed by atoms with E-state index in [9.17, 15) is 0 Å². The second-order valence-corrected chi connectivity index (χ2v) is 5.07. The number of halogens is 1. The zero-order valence-electron chi connectivity index (χ0n) is 10.7. The van der Waals surface area contributed by atoms with E-state index in [0.29, 0.717) is 0 Å². The largest absolute Gasteiger partial charge is 0.468 e. The highest BCUT2D eigenvalue weighted by Gasteiger charge is 2.09. The van der Waals surface area contributed by atoms with Gasteiger partial charge in [-0.1, -0.05) is 40.2 Å². The maximum absolute atomic E-state index is 6.25. The first-order valence-corrected chi connectivity index (χ1v) is 6.73. The number of ether oxygens (including phenoxy) is 2. The van der Waals surface area contributed by atoms with Gasteiger partial charge in [0.15, 0.2) is 6.79 Å². The van der Waals surface area contributed by atoms with Crippen LogP contribution in [0, 0.1) is 0 Å². The second kappa shape index (κ2) is 6.70. The molecular formula is C15H16BrNO2. The molecule has 100 valence electrons. The van der Waals surface area contributed by atoms with Gasteiger partial charge in [0, 0.05) is 11.6 Å². The predicted molar refractivity (Wildman–Crippen MR) is 79.1 cm³/mol. The monoisotopic (exact) mass is 321 g/mol. The molecule has 0 amide bonds. The van der Waals surface area contributed by atoms with Gasteiger partial charge in [-0.05, 0) is 35.4 Å². The first kappa shape index (κ1) is 14.1. The van der Waals surface area contributed by atoms with Gasteiger partial charge in [-0.15, -0.1) is 0 Å². The summed E-state index contributed by atoms with van der Waals surface area (Å²) in [5, 5.41) is 0. The van der Waals surface area contributed by atoms with Crippen molar-refractivity contribution in [2.75, 3.05) is 13.9 Å². The lowest BCUT2D eigenvalue weighted by atomic mass is 10.00. The first-order chi connectivity index (χ1) is 9.20. The average molecular weight is 322 g/mol. The Labute approximate surface area is 121 Å². The van der Waals surface area contributed by atoms with Gasteiger partial charge in [0.05, 0.1) is 6.04 Å². The highest BCUT2D eigenvalue weighted by molar-refractivity contribution is 9.10. The van der Waals surface area contributed by atoms with Gasteiger partial charge in [-0.3, -0.25) is 0 Å².